The Kier molecular flexibility index (Phi) is 5.21. The van der Waals surface area contributed by atoms with Gasteiger partial charge < -0.3 is 15.1 Å². The highest BCUT2D eigenvalue weighted by Crippen LogP contribution is 2.33. The number of amides is 4. The molecule has 1 fully saturated rings. The number of hydrogen-bond acceptors (Lipinski definition) is 3. The summed E-state index contributed by atoms with van der Waals surface area (Å²) in [6.45, 7) is 6.45. The predicted octanol–water partition coefficient (Wildman–Crippen LogP) is 1.68. The van der Waals surface area contributed by atoms with Crippen molar-refractivity contribution in [3.63, 3.8) is 0 Å². The van der Waals surface area contributed by atoms with Crippen LogP contribution in [0.15, 0.2) is 0 Å². The molecule has 20 heavy (non-hydrogen) atoms. The van der Waals surface area contributed by atoms with Crippen molar-refractivity contribution in [1.82, 2.24) is 20.2 Å². The minimum atomic E-state index is -0.712. The monoisotopic (exact) mass is 286 g/mol. The molecule has 0 aromatic heterocycles. The Morgan fingerprint density at radius 1 is 1.45 bits per heavy atom. The van der Waals surface area contributed by atoms with Crippen LogP contribution in [0.25, 0.3) is 0 Å². The molecule has 0 unspecified atom stereocenters. The van der Waals surface area contributed by atoms with E-state index in [9.17, 15) is 14.8 Å². The first-order valence-corrected chi connectivity index (χ1v) is 7.03. The molecule has 0 spiro atoms. The SMILES string of the molecule is CCCCCN1C(=O)N(C)[C@@H](N(O)C(=O)NC)C1(C)C. The van der Waals surface area contributed by atoms with Crippen molar-refractivity contribution in [2.45, 2.75) is 51.7 Å². The van der Waals surface area contributed by atoms with Gasteiger partial charge in [0.2, 0.25) is 0 Å². The molecular weight excluding hydrogens is 260 g/mol. The summed E-state index contributed by atoms with van der Waals surface area (Å²) < 4.78 is 0. The summed E-state index contributed by atoms with van der Waals surface area (Å²) in [5.74, 6) is 0. The van der Waals surface area contributed by atoms with Gasteiger partial charge in [-0.2, -0.15) is 5.06 Å². The number of rotatable bonds is 5. The highest BCUT2D eigenvalue weighted by Gasteiger charge is 2.53. The highest BCUT2D eigenvalue weighted by molar-refractivity contribution is 5.80. The summed E-state index contributed by atoms with van der Waals surface area (Å²) in [5, 5.41) is 13.0. The summed E-state index contributed by atoms with van der Waals surface area (Å²) in [6.07, 6.45) is 2.33. The molecule has 1 saturated heterocycles. The number of unbranched alkanes of at least 4 members (excludes halogenated alkanes) is 2. The number of urea groups is 2. The van der Waals surface area contributed by atoms with Crippen LogP contribution in [0.2, 0.25) is 0 Å². The van der Waals surface area contributed by atoms with Crippen molar-refractivity contribution >= 4 is 12.1 Å². The van der Waals surface area contributed by atoms with Gasteiger partial charge in [0.25, 0.3) is 0 Å². The molecule has 0 radical (unpaired) electrons. The normalized spacial score (nSPS) is 21.3. The zero-order chi connectivity index (χ0) is 15.5. The number of hydroxylamine groups is 2. The third kappa shape index (κ3) is 2.82. The van der Waals surface area contributed by atoms with Gasteiger partial charge >= 0.3 is 12.1 Å². The third-order valence-electron chi connectivity index (χ3n) is 3.87. The molecule has 2 N–H and O–H groups in total. The van der Waals surface area contributed by atoms with Gasteiger partial charge in [0, 0.05) is 20.6 Å². The molecule has 7 nitrogen and oxygen atoms in total. The number of carbonyl (C=O) groups excluding carboxylic acids is 2. The lowest BCUT2D eigenvalue weighted by Gasteiger charge is -2.37. The smallest absolute Gasteiger partial charge is 0.339 e. The van der Waals surface area contributed by atoms with E-state index >= 15 is 0 Å². The van der Waals surface area contributed by atoms with E-state index in [1.165, 1.54) is 11.9 Å². The predicted molar refractivity (Wildman–Crippen MR) is 75.3 cm³/mol. The molecule has 1 rings (SSSR count). The zero-order valence-corrected chi connectivity index (χ0v) is 13.0. The minimum absolute atomic E-state index is 0.168. The van der Waals surface area contributed by atoms with Crippen molar-refractivity contribution in [3.8, 4) is 0 Å². The molecule has 1 heterocycles. The fraction of sp³-hybridized carbons (Fsp3) is 0.846. The molecule has 0 bridgehead atoms. The summed E-state index contributed by atoms with van der Waals surface area (Å²) in [4.78, 5) is 27.1. The second-order valence-electron chi connectivity index (χ2n) is 5.68. The van der Waals surface area contributed by atoms with Crippen LogP contribution >= 0.6 is 0 Å². The summed E-state index contributed by atoms with van der Waals surface area (Å²) >= 11 is 0. The van der Waals surface area contributed by atoms with Crippen LogP contribution in [0, 0.1) is 0 Å². The molecule has 0 aromatic carbocycles. The van der Waals surface area contributed by atoms with Crippen LogP contribution in [0.5, 0.6) is 0 Å². The van der Waals surface area contributed by atoms with Crippen molar-refractivity contribution in [3.05, 3.63) is 0 Å². The van der Waals surface area contributed by atoms with E-state index in [0.717, 1.165) is 19.3 Å². The van der Waals surface area contributed by atoms with Crippen LogP contribution in [0.4, 0.5) is 9.59 Å². The highest BCUT2D eigenvalue weighted by atomic mass is 16.5. The first-order valence-electron chi connectivity index (χ1n) is 7.03. The molecule has 1 aliphatic heterocycles. The van der Waals surface area contributed by atoms with Crippen molar-refractivity contribution in [2.75, 3.05) is 20.6 Å². The average Bonchev–Trinajstić information content (AvgIpc) is 2.56. The maximum absolute atomic E-state index is 12.3. The number of likely N-dealkylation sites (N-methyl/N-ethyl adjacent to an activating group) is 1. The second-order valence-corrected chi connectivity index (χ2v) is 5.68. The largest absolute Gasteiger partial charge is 0.342 e. The van der Waals surface area contributed by atoms with E-state index in [0.29, 0.717) is 11.6 Å². The number of hydrogen-bond donors (Lipinski definition) is 2. The van der Waals surface area contributed by atoms with Crippen LogP contribution < -0.4 is 5.32 Å². The quantitative estimate of drug-likeness (QED) is 0.458. The first-order chi connectivity index (χ1) is 9.28. The van der Waals surface area contributed by atoms with Gasteiger partial charge in [-0.05, 0) is 20.3 Å². The minimum Gasteiger partial charge on any atom is -0.339 e. The number of carbonyl (C=O) groups is 2. The van der Waals surface area contributed by atoms with E-state index < -0.39 is 17.7 Å². The number of nitrogens with zero attached hydrogens (tertiary/aromatic N) is 3. The van der Waals surface area contributed by atoms with Gasteiger partial charge in [-0.3, -0.25) is 5.21 Å². The van der Waals surface area contributed by atoms with E-state index in [1.807, 2.05) is 13.8 Å². The Balaban J connectivity index is 2.92. The maximum Gasteiger partial charge on any atom is 0.342 e. The molecular formula is C13H26N4O3. The van der Waals surface area contributed by atoms with Crippen LogP contribution in [0.3, 0.4) is 0 Å². The van der Waals surface area contributed by atoms with Crippen LogP contribution in [-0.2, 0) is 0 Å². The molecule has 4 amide bonds. The van der Waals surface area contributed by atoms with Gasteiger partial charge in [-0.1, -0.05) is 19.8 Å². The van der Waals surface area contributed by atoms with Gasteiger partial charge in [-0.15, -0.1) is 0 Å². The van der Waals surface area contributed by atoms with Gasteiger partial charge in [0.15, 0.2) is 6.17 Å². The fourth-order valence-corrected chi connectivity index (χ4v) is 2.75. The van der Waals surface area contributed by atoms with E-state index in [4.69, 9.17) is 0 Å². The molecule has 0 aliphatic carbocycles. The molecule has 116 valence electrons. The van der Waals surface area contributed by atoms with E-state index in [2.05, 4.69) is 12.2 Å². The Hall–Kier alpha value is -1.50. The zero-order valence-electron chi connectivity index (χ0n) is 13.0. The van der Waals surface area contributed by atoms with Gasteiger partial charge in [0.1, 0.15) is 0 Å². The third-order valence-corrected chi connectivity index (χ3v) is 3.87. The summed E-state index contributed by atoms with van der Waals surface area (Å²) in [5.41, 5.74) is -0.652. The molecule has 1 aliphatic rings. The van der Waals surface area contributed by atoms with Crippen molar-refractivity contribution in [2.24, 2.45) is 0 Å². The van der Waals surface area contributed by atoms with Gasteiger partial charge in [0.05, 0.1) is 5.54 Å². The molecule has 7 heteroatoms. The Morgan fingerprint density at radius 2 is 2.05 bits per heavy atom. The van der Waals surface area contributed by atoms with Crippen LogP contribution in [-0.4, -0.2) is 64.5 Å². The standard InChI is InChI=1S/C13H26N4O3/c1-6-7-8-9-16-12(19)15(5)10(13(16,2)3)17(20)11(18)14-4/h10,20H,6-9H2,1-5H3,(H,14,18)/t10-/m0/s1. The van der Waals surface area contributed by atoms with Crippen molar-refractivity contribution < 1.29 is 14.8 Å². The topological polar surface area (TPSA) is 76.1 Å². The van der Waals surface area contributed by atoms with Crippen molar-refractivity contribution in [1.29, 1.82) is 0 Å². The molecule has 1 atom stereocenters. The molecule has 0 aromatic rings. The second kappa shape index (κ2) is 6.30. The lowest BCUT2D eigenvalue weighted by atomic mass is 10.00. The maximum atomic E-state index is 12.3. The van der Waals surface area contributed by atoms with E-state index in [-0.39, 0.29) is 6.03 Å². The molecule has 0 saturated carbocycles. The lowest BCUT2D eigenvalue weighted by Crippen LogP contribution is -2.58. The fourth-order valence-electron chi connectivity index (χ4n) is 2.75. The first kappa shape index (κ1) is 16.6. The Bertz CT molecular complexity index is 373. The Labute approximate surface area is 120 Å². The Morgan fingerprint density at radius 3 is 2.55 bits per heavy atom. The van der Waals surface area contributed by atoms with E-state index in [1.54, 1.807) is 11.9 Å². The summed E-state index contributed by atoms with van der Waals surface area (Å²) in [6, 6.07) is -0.794. The summed E-state index contributed by atoms with van der Waals surface area (Å²) in [7, 11) is 3.04. The number of nitrogens with one attached hydrogen (secondary N) is 1. The average molecular weight is 286 g/mol. The lowest BCUT2D eigenvalue weighted by molar-refractivity contribution is -0.129. The van der Waals surface area contributed by atoms with Gasteiger partial charge in [-0.25, -0.2) is 9.59 Å². The van der Waals surface area contributed by atoms with Crippen LogP contribution in [0.1, 0.15) is 40.0 Å².